The van der Waals surface area contributed by atoms with Gasteiger partial charge in [-0.1, -0.05) is 11.6 Å². The summed E-state index contributed by atoms with van der Waals surface area (Å²) in [4.78, 5) is 10.7. The predicted octanol–water partition coefficient (Wildman–Crippen LogP) is 3.59. The number of halogens is 4. The number of esters is 1. The molecule has 0 fully saturated rings. The largest absolute Gasteiger partial charge is 0.426 e. The molecule has 6 heteroatoms. The van der Waals surface area contributed by atoms with Crippen LogP contribution in [0.25, 0.3) is 0 Å². The Kier molecular flexibility index (Phi) is 3.48. The van der Waals surface area contributed by atoms with Crippen molar-refractivity contribution < 1.29 is 22.7 Å². The van der Waals surface area contributed by atoms with Crippen LogP contribution in [-0.2, 0) is 11.0 Å². The fourth-order valence-corrected chi connectivity index (χ4v) is 1.58. The van der Waals surface area contributed by atoms with E-state index < -0.39 is 22.7 Å². The molecule has 88 valence electrons. The minimum atomic E-state index is -4.57. The Morgan fingerprint density at radius 3 is 2.38 bits per heavy atom. The molecular formula is C10H8ClF3O2. The van der Waals surface area contributed by atoms with Gasteiger partial charge in [0, 0.05) is 12.5 Å². The van der Waals surface area contributed by atoms with E-state index in [1.54, 1.807) is 0 Å². The summed E-state index contributed by atoms with van der Waals surface area (Å²) >= 11 is 5.46. The second kappa shape index (κ2) is 4.33. The van der Waals surface area contributed by atoms with Gasteiger partial charge in [-0.2, -0.15) is 13.2 Å². The molecule has 1 aromatic carbocycles. The van der Waals surface area contributed by atoms with Crippen LogP contribution in [0.15, 0.2) is 12.1 Å². The predicted molar refractivity (Wildman–Crippen MR) is 52.5 cm³/mol. The molecule has 0 spiro atoms. The van der Waals surface area contributed by atoms with Gasteiger partial charge in [-0.25, -0.2) is 0 Å². The Bertz CT molecular complexity index is 427. The highest BCUT2D eigenvalue weighted by molar-refractivity contribution is 6.31. The Labute approximate surface area is 95.0 Å². The van der Waals surface area contributed by atoms with Gasteiger partial charge < -0.3 is 4.74 Å². The Morgan fingerprint density at radius 2 is 1.94 bits per heavy atom. The first-order chi connectivity index (χ1) is 7.23. The molecule has 1 aromatic rings. The van der Waals surface area contributed by atoms with Crippen LogP contribution in [0.2, 0.25) is 5.02 Å². The SMILES string of the molecule is CC(=O)Oc1ccc(Cl)c(C(F)(F)F)c1C. The molecule has 0 amide bonds. The molecule has 0 unspecified atom stereocenters. The van der Waals surface area contributed by atoms with E-state index in [1.165, 1.54) is 13.0 Å². The van der Waals surface area contributed by atoms with E-state index in [2.05, 4.69) is 4.74 Å². The van der Waals surface area contributed by atoms with Crippen LogP contribution in [0.3, 0.4) is 0 Å². The molecule has 0 bridgehead atoms. The van der Waals surface area contributed by atoms with E-state index in [1.807, 2.05) is 0 Å². The zero-order valence-corrected chi connectivity index (χ0v) is 9.24. The van der Waals surface area contributed by atoms with Crippen LogP contribution >= 0.6 is 11.6 Å². The van der Waals surface area contributed by atoms with E-state index in [9.17, 15) is 18.0 Å². The van der Waals surface area contributed by atoms with E-state index in [0.717, 1.165) is 13.0 Å². The molecule has 0 aliphatic heterocycles. The van der Waals surface area contributed by atoms with Crippen molar-refractivity contribution in [3.8, 4) is 5.75 Å². The normalized spacial score (nSPS) is 11.4. The summed E-state index contributed by atoms with van der Waals surface area (Å²) in [5.74, 6) is -0.817. The van der Waals surface area contributed by atoms with E-state index in [0.29, 0.717) is 0 Å². The maximum Gasteiger partial charge on any atom is 0.418 e. The van der Waals surface area contributed by atoms with Crippen LogP contribution in [-0.4, -0.2) is 5.97 Å². The molecule has 0 saturated heterocycles. The topological polar surface area (TPSA) is 26.3 Å². The molecule has 0 aromatic heterocycles. The number of rotatable bonds is 1. The number of alkyl halides is 3. The number of hydrogen-bond donors (Lipinski definition) is 0. The van der Waals surface area contributed by atoms with Gasteiger partial charge >= 0.3 is 12.1 Å². The maximum atomic E-state index is 12.6. The lowest BCUT2D eigenvalue weighted by atomic mass is 10.1. The quantitative estimate of drug-likeness (QED) is 0.564. The fraction of sp³-hybridized carbons (Fsp3) is 0.300. The van der Waals surface area contributed by atoms with E-state index in [4.69, 9.17) is 11.6 Å². The van der Waals surface area contributed by atoms with Gasteiger partial charge in [0.2, 0.25) is 0 Å². The summed E-state index contributed by atoms with van der Waals surface area (Å²) < 4.78 is 42.4. The minimum absolute atomic E-state index is 0.135. The van der Waals surface area contributed by atoms with Crippen LogP contribution in [0.4, 0.5) is 13.2 Å². The average molecular weight is 253 g/mol. The second-order valence-corrected chi connectivity index (χ2v) is 3.54. The van der Waals surface area contributed by atoms with Gasteiger partial charge in [-0.15, -0.1) is 0 Å². The Morgan fingerprint density at radius 1 is 1.38 bits per heavy atom. The van der Waals surface area contributed by atoms with Crippen molar-refractivity contribution >= 4 is 17.6 Å². The van der Waals surface area contributed by atoms with E-state index in [-0.39, 0.29) is 11.3 Å². The smallest absolute Gasteiger partial charge is 0.418 e. The molecule has 0 radical (unpaired) electrons. The Balaban J connectivity index is 3.33. The third-order valence-corrected chi connectivity index (χ3v) is 2.22. The lowest BCUT2D eigenvalue weighted by molar-refractivity contribution is -0.139. The van der Waals surface area contributed by atoms with Crippen LogP contribution in [0.5, 0.6) is 5.75 Å². The zero-order valence-electron chi connectivity index (χ0n) is 8.48. The molecule has 0 N–H and O–H groups in total. The molecule has 0 heterocycles. The fourth-order valence-electron chi connectivity index (χ4n) is 1.27. The van der Waals surface area contributed by atoms with Gasteiger partial charge in [0.05, 0.1) is 10.6 Å². The summed E-state index contributed by atoms with van der Waals surface area (Å²) in [6.07, 6.45) is -4.57. The second-order valence-electron chi connectivity index (χ2n) is 3.14. The minimum Gasteiger partial charge on any atom is -0.426 e. The number of carbonyl (C=O) groups is 1. The van der Waals surface area contributed by atoms with Gasteiger partial charge in [0.15, 0.2) is 0 Å². The summed E-state index contributed by atoms with van der Waals surface area (Å²) in [6, 6.07) is 2.28. The van der Waals surface area contributed by atoms with Gasteiger partial charge in [0.25, 0.3) is 0 Å². The molecular weight excluding hydrogens is 245 g/mol. The molecule has 0 saturated carbocycles. The van der Waals surface area contributed by atoms with Crippen molar-refractivity contribution in [1.82, 2.24) is 0 Å². The molecule has 0 aliphatic carbocycles. The lowest BCUT2D eigenvalue weighted by Crippen LogP contribution is -2.11. The highest BCUT2D eigenvalue weighted by Gasteiger charge is 2.36. The number of ether oxygens (including phenoxy) is 1. The van der Waals surface area contributed by atoms with E-state index >= 15 is 0 Å². The number of hydrogen-bond acceptors (Lipinski definition) is 2. The van der Waals surface area contributed by atoms with Gasteiger partial charge in [-0.3, -0.25) is 4.79 Å². The first-order valence-electron chi connectivity index (χ1n) is 4.28. The number of benzene rings is 1. The monoisotopic (exact) mass is 252 g/mol. The van der Waals surface area contributed by atoms with Crippen molar-refractivity contribution in [3.05, 3.63) is 28.3 Å². The standard InChI is InChI=1S/C10H8ClF3O2/c1-5-8(16-6(2)15)4-3-7(11)9(5)10(12,13)14/h3-4H,1-2H3. The van der Waals surface area contributed by atoms with Crippen molar-refractivity contribution in [1.29, 1.82) is 0 Å². The van der Waals surface area contributed by atoms with Crippen LogP contribution in [0, 0.1) is 6.92 Å². The third-order valence-electron chi connectivity index (χ3n) is 1.90. The average Bonchev–Trinajstić information content (AvgIpc) is 2.07. The molecule has 1 rings (SSSR count). The highest BCUT2D eigenvalue weighted by Crippen LogP contribution is 2.40. The zero-order chi connectivity index (χ0) is 12.5. The van der Waals surface area contributed by atoms with Crippen molar-refractivity contribution in [3.63, 3.8) is 0 Å². The molecule has 2 nitrogen and oxygen atoms in total. The first kappa shape index (κ1) is 12.8. The van der Waals surface area contributed by atoms with Crippen molar-refractivity contribution in [2.24, 2.45) is 0 Å². The molecule has 0 aliphatic rings. The maximum absolute atomic E-state index is 12.6. The summed E-state index contributed by atoms with van der Waals surface area (Å²) in [7, 11) is 0. The number of carbonyl (C=O) groups excluding carboxylic acids is 1. The lowest BCUT2D eigenvalue weighted by Gasteiger charge is -2.14. The van der Waals surface area contributed by atoms with Crippen molar-refractivity contribution in [2.75, 3.05) is 0 Å². The Hall–Kier alpha value is -1.23. The van der Waals surface area contributed by atoms with Crippen molar-refractivity contribution in [2.45, 2.75) is 20.0 Å². The van der Waals surface area contributed by atoms with Crippen LogP contribution < -0.4 is 4.74 Å². The van der Waals surface area contributed by atoms with Crippen LogP contribution in [0.1, 0.15) is 18.1 Å². The highest BCUT2D eigenvalue weighted by atomic mass is 35.5. The summed E-state index contributed by atoms with van der Waals surface area (Å²) in [5.41, 5.74) is -1.18. The summed E-state index contributed by atoms with van der Waals surface area (Å²) in [6.45, 7) is 2.31. The van der Waals surface area contributed by atoms with Gasteiger partial charge in [-0.05, 0) is 19.1 Å². The third kappa shape index (κ3) is 2.66. The van der Waals surface area contributed by atoms with Gasteiger partial charge in [0.1, 0.15) is 5.75 Å². The first-order valence-corrected chi connectivity index (χ1v) is 4.66. The molecule has 0 atom stereocenters. The summed E-state index contributed by atoms with van der Waals surface area (Å²) in [5, 5.41) is -0.416. The molecule has 16 heavy (non-hydrogen) atoms.